The molecule has 2 rings (SSSR count). The molecule has 6 nitrogen and oxygen atoms in total. The molecule has 0 aliphatic rings. The molecule has 146 valence electrons. The molecule has 0 atom stereocenters. The second-order valence-corrected chi connectivity index (χ2v) is 9.25. The predicted molar refractivity (Wildman–Crippen MR) is 114 cm³/mol. The Morgan fingerprint density at radius 2 is 1.67 bits per heavy atom. The number of carbonyl (C=O) groups excluding carboxylic acids is 2. The number of amides is 2. The fourth-order valence-corrected chi connectivity index (χ4v) is 4.97. The summed E-state index contributed by atoms with van der Waals surface area (Å²) in [7, 11) is 0. The fourth-order valence-electron chi connectivity index (χ4n) is 2.25. The summed E-state index contributed by atoms with van der Waals surface area (Å²) in [4.78, 5) is 25.9. The highest BCUT2D eigenvalue weighted by molar-refractivity contribution is 8.03. The lowest BCUT2D eigenvalue weighted by Crippen LogP contribution is -2.31. The number of aromatic nitrogens is 2. The van der Waals surface area contributed by atoms with Gasteiger partial charge in [0.1, 0.15) is 0 Å². The van der Waals surface area contributed by atoms with Gasteiger partial charge in [0.05, 0.1) is 11.5 Å². The van der Waals surface area contributed by atoms with Gasteiger partial charge in [-0.1, -0.05) is 40.9 Å². The van der Waals surface area contributed by atoms with Crippen LogP contribution in [0.3, 0.4) is 0 Å². The molecule has 0 fully saturated rings. The topological polar surface area (TPSA) is 75.2 Å². The average Bonchev–Trinajstić information content (AvgIpc) is 3.10. The largest absolute Gasteiger partial charge is 0.343 e. The maximum absolute atomic E-state index is 12.1. The van der Waals surface area contributed by atoms with Crippen molar-refractivity contribution in [2.45, 2.75) is 36.4 Å². The zero-order chi connectivity index (χ0) is 19.8. The number of anilines is 1. The number of hydrogen-bond donors (Lipinski definition) is 1. The number of benzene rings is 1. The van der Waals surface area contributed by atoms with Crippen LogP contribution >= 0.6 is 34.9 Å². The van der Waals surface area contributed by atoms with Crippen molar-refractivity contribution in [2.75, 3.05) is 29.9 Å². The lowest BCUT2D eigenvalue weighted by Gasteiger charge is -2.17. The van der Waals surface area contributed by atoms with Gasteiger partial charge in [-0.3, -0.25) is 9.59 Å². The summed E-state index contributed by atoms with van der Waals surface area (Å²) in [6, 6.07) is 5.85. The van der Waals surface area contributed by atoms with Gasteiger partial charge >= 0.3 is 0 Å². The number of thioether (sulfide) groups is 2. The number of carbonyl (C=O) groups is 2. The van der Waals surface area contributed by atoms with Crippen molar-refractivity contribution < 1.29 is 9.59 Å². The summed E-state index contributed by atoms with van der Waals surface area (Å²) in [5.41, 5.74) is 3.14. The molecule has 9 heteroatoms. The van der Waals surface area contributed by atoms with E-state index in [2.05, 4.69) is 15.5 Å². The Morgan fingerprint density at radius 3 is 2.26 bits per heavy atom. The Bertz CT molecular complexity index is 791. The second-order valence-electron chi connectivity index (χ2n) is 5.82. The zero-order valence-corrected chi connectivity index (χ0v) is 18.4. The first-order valence-electron chi connectivity index (χ1n) is 8.66. The van der Waals surface area contributed by atoms with E-state index in [4.69, 9.17) is 0 Å². The number of hydrogen-bond acceptors (Lipinski definition) is 7. The minimum atomic E-state index is -0.0793. The smallest absolute Gasteiger partial charge is 0.234 e. The van der Waals surface area contributed by atoms with E-state index in [0.29, 0.717) is 18.8 Å². The Hall–Kier alpha value is -1.58. The molecule has 2 amide bonds. The third-order valence-electron chi connectivity index (χ3n) is 3.94. The SMILES string of the molecule is CCN(CC)C(=O)CSc1nnc(SCC(=O)Nc2ccc(C)c(C)c2)s1. The molecule has 1 heterocycles. The summed E-state index contributed by atoms with van der Waals surface area (Å²) in [6.07, 6.45) is 0. The number of nitrogens with zero attached hydrogens (tertiary/aromatic N) is 3. The molecule has 1 aromatic heterocycles. The van der Waals surface area contributed by atoms with Crippen LogP contribution < -0.4 is 5.32 Å². The van der Waals surface area contributed by atoms with Crippen LogP contribution in [0, 0.1) is 13.8 Å². The van der Waals surface area contributed by atoms with Gasteiger partial charge in [-0.2, -0.15) is 0 Å². The van der Waals surface area contributed by atoms with E-state index in [1.54, 1.807) is 4.90 Å². The van der Waals surface area contributed by atoms with E-state index in [1.807, 2.05) is 45.9 Å². The summed E-state index contributed by atoms with van der Waals surface area (Å²) in [5, 5.41) is 11.1. The summed E-state index contributed by atoms with van der Waals surface area (Å²) in [5.74, 6) is 0.644. The van der Waals surface area contributed by atoms with Crippen LogP contribution in [0.1, 0.15) is 25.0 Å². The Kier molecular flexibility index (Phi) is 8.59. The Morgan fingerprint density at radius 1 is 1.04 bits per heavy atom. The molecule has 27 heavy (non-hydrogen) atoms. The van der Waals surface area contributed by atoms with E-state index in [9.17, 15) is 9.59 Å². The van der Waals surface area contributed by atoms with Gasteiger partial charge in [-0.15, -0.1) is 10.2 Å². The molecule has 0 aliphatic carbocycles. The highest BCUT2D eigenvalue weighted by Crippen LogP contribution is 2.29. The Labute approximate surface area is 172 Å². The molecule has 1 N–H and O–H groups in total. The van der Waals surface area contributed by atoms with E-state index in [-0.39, 0.29) is 17.6 Å². The van der Waals surface area contributed by atoms with E-state index >= 15 is 0 Å². The first-order valence-corrected chi connectivity index (χ1v) is 11.5. The van der Waals surface area contributed by atoms with Crippen LogP contribution in [0.4, 0.5) is 5.69 Å². The highest BCUT2D eigenvalue weighted by atomic mass is 32.2. The first kappa shape index (κ1) is 21.7. The first-order chi connectivity index (χ1) is 12.9. The lowest BCUT2D eigenvalue weighted by atomic mass is 10.1. The van der Waals surface area contributed by atoms with E-state index in [0.717, 1.165) is 19.9 Å². The van der Waals surface area contributed by atoms with Crippen LogP contribution in [0.2, 0.25) is 0 Å². The van der Waals surface area contributed by atoms with Gasteiger partial charge in [0.15, 0.2) is 8.68 Å². The van der Waals surface area contributed by atoms with Crippen molar-refractivity contribution in [3.63, 3.8) is 0 Å². The predicted octanol–water partition coefficient (Wildman–Crippen LogP) is 3.85. The average molecular weight is 425 g/mol. The van der Waals surface area contributed by atoms with E-state index < -0.39 is 0 Å². The quantitative estimate of drug-likeness (QED) is 0.616. The van der Waals surface area contributed by atoms with Crippen LogP contribution in [-0.4, -0.2) is 51.5 Å². The van der Waals surface area contributed by atoms with Crippen LogP contribution in [-0.2, 0) is 9.59 Å². The van der Waals surface area contributed by atoms with Crippen molar-refractivity contribution in [3.8, 4) is 0 Å². The van der Waals surface area contributed by atoms with Gasteiger partial charge < -0.3 is 10.2 Å². The van der Waals surface area contributed by atoms with Gasteiger partial charge in [0, 0.05) is 18.8 Å². The van der Waals surface area contributed by atoms with E-state index in [1.165, 1.54) is 40.4 Å². The number of rotatable bonds is 9. The van der Waals surface area contributed by atoms with Crippen LogP contribution in [0.5, 0.6) is 0 Å². The zero-order valence-electron chi connectivity index (χ0n) is 15.9. The van der Waals surface area contributed by atoms with Crippen molar-refractivity contribution in [2.24, 2.45) is 0 Å². The molecular weight excluding hydrogens is 400 g/mol. The standard InChI is InChI=1S/C18H24N4O2S3/c1-5-22(6-2)16(24)11-26-18-21-20-17(27-18)25-10-15(23)19-14-8-7-12(3)13(4)9-14/h7-9H,5-6,10-11H2,1-4H3,(H,19,23). The Balaban J connectivity index is 1.79. The van der Waals surface area contributed by atoms with Crippen LogP contribution in [0.25, 0.3) is 0 Å². The summed E-state index contributed by atoms with van der Waals surface area (Å²) in [6.45, 7) is 9.41. The van der Waals surface area contributed by atoms with Crippen LogP contribution in [0.15, 0.2) is 26.9 Å². The minimum Gasteiger partial charge on any atom is -0.343 e. The molecular formula is C18H24N4O2S3. The second kappa shape index (κ2) is 10.7. The lowest BCUT2D eigenvalue weighted by molar-refractivity contribution is -0.128. The summed E-state index contributed by atoms with van der Waals surface area (Å²) >= 11 is 4.15. The number of nitrogens with one attached hydrogen (secondary N) is 1. The number of aryl methyl sites for hydroxylation is 2. The van der Waals surface area contributed by atoms with Gasteiger partial charge in [0.2, 0.25) is 11.8 Å². The monoisotopic (exact) mass is 424 g/mol. The third kappa shape index (κ3) is 6.82. The fraction of sp³-hybridized carbons (Fsp3) is 0.444. The van der Waals surface area contributed by atoms with Crippen molar-refractivity contribution in [1.82, 2.24) is 15.1 Å². The molecule has 1 aromatic carbocycles. The highest BCUT2D eigenvalue weighted by Gasteiger charge is 2.13. The van der Waals surface area contributed by atoms with Crippen molar-refractivity contribution in [3.05, 3.63) is 29.3 Å². The summed E-state index contributed by atoms with van der Waals surface area (Å²) < 4.78 is 1.47. The molecule has 0 saturated carbocycles. The van der Waals surface area contributed by atoms with Gasteiger partial charge in [0.25, 0.3) is 0 Å². The molecule has 0 spiro atoms. The molecule has 2 aromatic rings. The molecule has 0 saturated heterocycles. The van der Waals surface area contributed by atoms with Gasteiger partial charge in [-0.05, 0) is 51.0 Å². The molecule has 0 bridgehead atoms. The van der Waals surface area contributed by atoms with Gasteiger partial charge in [-0.25, -0.2) is 0 Å². The molecule has 0 unspecified atom stereocenters. The third-order valence-corrected chi connectivity index (χ3v) is 7.12. The molecule has 0 radical (unpaired) electrons. The molecule has 0 aliphatic heterocycles. The minimum absolute atomic E-state index is 0.0793. The maximum Gasteiger partial charge on any atom is 0.234 e. The maximum atomic E-state index is 12.1. The normalized spacial score (nSPS) is 10.7. The van der Waals surface area contributed by atoms with Crippen molar-refractivity contribution >= 4 is 52.4 Å². The van der Waals surface area contributed by atoms with Crippen molar-refractivity contribution in [1.29, 1.82) is 0 Å².